The zero-order valence-electron chi connectivity index (χ0n) is 11.4. The molecule has 2 unspecified atom stereocenters. The van der Waals surface area contributed by atoms with Crippen molar-refractivity contribution in [2.24, 2.45) is 0 Å². The predicted molar refractivity (Wildman–Crippen MR) is 73.8 cm³/mol. The SMILES string of the molecule is CC(C)OCC(O)CC1CCCc2ccccc21. The summed E-state index contributed by atoms with van der Waals surface area (Å²) in [6.45, 7) is 4.46. The molecule has 100 valence electrons. The van der Waals surface area contributed by atoms with Crippen LogP contribution in [0.3, 0.4) is 0 Å². The molecule has 0 radical (unpaired) electrons. The van der Waals surface area contributed by atoms with Crippen LogP contribution >= 0.6 is 0 Å². The van der Waals surface area contributed by atoms with E-state index in [1.807, 2.05) is 13.8 Å². The quantitative estimate of drug-likeness (QED) is 0.866. The molecular formula is C16H24O2. The number of aryl methyl sites for hydroxylation is 1. The molecule has 2 heteroatoms. The fourth-order valence-corrected chi connectivity index (χ4v) is 2.80. The average molecular weight is 248 g/mol. The lowest BCUT2D eigenvalue weighted by Crippen LogP contribution is -2.22. The van der Waals surface area contributed by atoms with Gasteiger partial charge in [-0.05, 0) is 56.6 Å². The van der Waals surface area contributed by atoms with E-state index in [0.717, 1.165) is 6.42 Å². The van der Waals surface area contributed by atoms with Crippen LogP contribution in [0.2, 0.25) is 0 Å². The number of hydrogen-bond acceptors (Lipinski definition) is 2. The Morgan fingerprint density at radius 2 is 2.11 bits per heavy atom. The minimum atomic E-state index is -0.344. The van der Waals surface area contributed by atoms with E-state index in [9.17, 15) is 5.11 Å². The molecule has 0 fully saturated rings. The third-order valence-corrected chi connectivity index (χ3v) is 3.67. The van der Waals surface area contributed by atoms with E-state index in [0.29, 0.717) is 12.5 Å². The van der Waals surface area contributed by atoms with E-state index in [4.69, 9.17) is 4.74 Å². The molecule has 0 saturated heterocycles. The maximum Gasteiger partial charge on any atom is 0.0779 e. The van der Waals surface area contributed by atoms with Crippen LogP contribution in [-0.2, 0) is 11.2 Å². The van der Waals surface area contributed by atoms with Gasteiger partial charge in [-0.3, -0.25) is 0 Å². The van der Waals surface area contributed by atoms with Gasteiger partial charge in [0.2, 0.25) is 0 Å². The number of hydrogen-bond donors (Lipinski definition) is 1. The molecule has 0 amide bonds. The van der Waals surface area contributed by atoms with Crippen molar-refractivity contribution in [2.75, 3.05) is 6.61 Å². The summed E-state index contributed by atoms with van der Waals surface area (Å²) in [5.41, 5.74) is 2.90. The van der Waals surface area contributed by atoms with Crippen molar-refractivity contribution in [3.63, 3.8) is 0 Å². The number of fused-ring (bicyclic) bond motifs is 1. The Morgan fingerprint density at radius 3 is 2.89 bits per heavy atom. The summed E-state index contributed by atoms with van der Waals surface area (Å²) in [6.07, 6.45) is 4.28. The molecule has 1 aromatic carbocycles. The summed E-state index contributed by atoms with van der Waals surface area (Å²) in [5, 5.41) is 10.1. The molecule has 0 bridgehead atoms. The maximum absolute atomic E-state index is 10.1. The lowest BCUT2D eigenvalue weighted by Gasteiger charge is -2.27. The highest BCUT2D eigenvalue weighted by atomic mass is 16.5. The largest absolute Gasteiger partial charge is 0.391 e. The van der Waals surface area contributed by atoms with Gasteiger partial charge in [0.1, 0.15) is 0 Å². The first-order valence-electron chi connectivity index (χ1n) is 7.04. The van der Waals surface area contributed by atoms with Crippen LogP contribution in [-0.4, -0.2) is 23.9 Å². The second-order valence-electron chi connectivity index (χ2n) is 5.56. The molecule has 1 aromatic rings. The Morgan fingerprint density at radius 1 is 1.33 bits per heavy atom. The van der Waals surface area contributed by atoms with Crippen molar-refractivity contribution in [2.45, 2.75) is 57.7 Å². The zero-order chi connectivity index (χ0) is 13.0. The van der Waals surface area contributed by atoms with Gasteiger partial charge in [-0.25, -0.2) is 0 Å². The molecule has 1 N–H and O–H groups in total. The zero-order valence-corrected chi connectivity index (χ0v) is 11.4. The standard InChI is InChI=1S/C16H24O2/c1-12(2)18-11-15(17)10-14-8-5-7-13-6-3-4-9-16(13)14/h3-4,6,9,12,14-15,17H,5,7-8,10-11H2,1-2H3. The Kier molecular flexibility index (Phi) is 4.79. The maximum atomic E-state index is 10.1. The van der Waals surface area contributed by atoms with Crippen LogP contribution < -0.4 is 0 Å². The second kappa shape index (κ2) is 6.35. The molecule has 2 rings (SSSR count). The highest BCUT2D eigenvalue weighted by molar-refractivity contribution is 5.32. The first kappa shape index (κ1) is 13.6. The van der Waals surface area contributed by atoms with Crippen LogP contribution in [0.15, 0.2) is 24.3 Å². The highest BCUT2D eigenvalue weighted by Crippen LogP contribution is 2.34. The van der Waals surface area contributed by atoms with Gasteiger partial charge in [-0.1, -0.05) is 24.3 Å². The van der Waals surface area contributed by atoms with E-state index >= 15 is 0 Å². The molecule has 0 saturated carbocycles. The monoisotopic (exact) mass is 248 g/mol. The molecular weight excluding hydrogens is 224 g/mol. The topological polar surface area (TPSA) is 29.5 Å². The van der Waals surface area contributed by atoms with Crippen molar-refractivity contribution >= 4 is 0 Å². The predicted octanol–water partition coefficient (Wildman–Crippen LogP) is 3.28. The van der Waals surface area contributed by atoms with Gasteiger partial charge >= 0.3 is 0 Å². The summed E-state index contributed by atoms with van der Waals surface area (Å²) in [7, 11) is 0. The van der Waals surface area contributed by atoms with E-state index in [1.54, 1.807) is 0 Å². The summed E-state index contributed by atoms with van der Waals surface area (Å²) in [6, 6.07) is 8.65. The molecule has 18 heavy (non-hydrogen) atoms. The highest BCUT2D eigenvalue weighted by Gasteiger charge is 2.22. The molecule has 2 nitrogen and oxygen atoms in total. The van der Waals surface area contributed by atoms with Gasteiger partial charge in [0.05, 0.1) is 18.8 Å². The summed E-state index contributed by atoms with van der Waals surface area (Å²) in [4.78, 5) is 0. The van der Waals surface area contributed by atoms with E-state index in [2.05, 4.69) is 24.3 Å². The van der Waals surface area contributed by atoms with Crippen LogP contribution in [0.5, 0.6) is 0 Å². The number of benzene rings is 1. The third-order valence-electron chi connectivity index (χ3n) is 3.67. The van der Waals surface area contributed by atoms with Gasteiger partial charge in [-0.15, -0.1) is 0 Å². The third kappa shape index (κ3) is 3.56. The Hall–Kier alpha value is -0.860. The van der Waals surface area contributed by atoms with E-state index in [-0.39, 0.29) is 12.2 Å². The van der Waals surface area contributed by atoms with Gasteiger partial charge < -0.3 is 9.84 Å². The fraction of sp³-hybridized carbons (Fsp3) is 0.625. The molecule has 0 aliphatic heterocycles. The smallest absolute Gasteiger partial charge is 0.0779 e. The Balaban J connectivity index is 1.94. The Labute approximate surface area is 110 Å². The molecule has 0 spiro atoms. The summed E-state index contributed by atoms with van der Waals surface area (Å²) >= 11 is 0. The normalized spacial score (nSPS) is 20.8. The van der Waals surface area contributed by atoms with Crippen LogP contribution in [0.25, 0.3) is 0 Å². The van der Waals surface area contributed by atoms with Crippen molar-refractivity contribution < 1.29 is 9.84 Å². The number of rotatable bonds is 5. The molecule has 0 heterocycles. The van der Waals surface area contributed by atoms with Gasteiger partial charge in [0, 0.05) is 0 Å². The molecule has 0 aromatic heterocycles. The second-order valence-corrected chi connectivity index (χ2v) is 5.56. The lowest BCUT2D eigenvalue weighted by molar-refractivity contribution is -0.000619. The lowest BCUT2D eigenvalue weighted by atomic mass is 9.80. The summed E-state index contributed by atoms with van der Waals surface area (Å²) < 4.78 is 5.48. The fourth-order valence-electron chi connectivity index (χ4n) is 2.80. The molecule has 1 aliphatic carbocycles. The first-order chi connectivity index (χ1) is 8.66. The van der Waals surface area contributed by atoms with Gasteiger partial charge in [0.15, 0.2) is 0 Å². The average Bonchev–Trinajstić information content (AvgIpc) is 2.37. The minimum Gasteiger partial charge on any atom is -0.391 e. The number of aliphatic hydroxyl groups excluding tert-OH is 1. The van der Waals surface area contributed by atoms with Crippen LogP contribution in [0.1, 0.15) is 50.2 Å². The summed E-state index contributed by atoms with van der Waals surface area (Å²) in [5.74, 6) is 0.501. The van der Waals surface area contributed by atoms with E-state index in [1.165, 1.54) is 30.4 Å². The molecule has 1 aliphatic rings. The number of aliphatic hydroxyl groups is 1. The molecule has 2 atom stereocenters. The van der Waals surface area contributed by atoms with Gasteiger partial charge in [-0.2, -0.15) is 0 Å². The van der Waals surface area contributed by atoms with Crippen molar-refractivity contribution in [1.82, 2.24) is 0 Å². The minimum absolute atomic E-state index is 0.193. The van der Waals surface area contributed by atoms with Crippen molar-refractivity contribution in [1.29, 1.82) is 0 Å². The first-order valence-corrected chi connectivity index (χ1v) is 7.04. The van der Waals surface area contributed by atoms with Crippen LogP contribution in [0.4, 0.5) is 0 Å². The van der Waals surface area contributed by atoms with Crippen LogP contribution in [0, 0.1) is 0 Å². The van der Waals surface area contributed by atoms with Gasteiger partial charge in [0.25, 0.3) is 0 Å². The Bertz CT molecular complexity index is 373. The van der Waals surface area contributed by atoms with Crippen molar-refractivity contribution in [3.8, 4) is 0 Å². The van der Waals surface area contributed by atoms with Crippen molar-refractivity contribution in [3.05, 3.63) is 35.4 Å². The van der Waals surface area contributed by atoms with E-state index < -0.39 is 0 Å². The number of ether oxygens (including phenoxy) is 1.